The smallest absolute Gasteiger partial charge is 0.262 e. The van der Waals surface area contributed by atoms with Crippen molar-refractivity contribution in [1.29, 1.82) is 0 Å². The Kier molecular flexibility index (Phi) is 6.48. The molecular formula is C23H19BrN4O2S. The van der Waals surface area contributed by atoms with Crippen LogP contribution >= 0.6 is 27.7 Å². The number of aryl methyl sites for hydroxylation is 1. The molecular weight excluding hydrogens is 476 g/mol. The number of fused-ring (bicyclic) bond motifs is 1. The molecule has 1 amide bonds. The number of amides is 1. The third-order valence-electron chi connectivity index (χ3n) is 4.62. The number of nitrogens with zero attached hydrogens (tertiary/aromatic N) is 3. The van der Waals surface area contributed by atoms with Crippen molar-refractivity contribution < 1.29 is 4.79 Å². The van der Waals surface area contributed by atoms with Crippen molar-refractivity contribution in [3.8, 4) is 0 Å². The Bertz CT molecular complexity index is 1310. The van der Waals surface area contributed by atoms with E-state index in [9.17, 15) is 9.59 Å². The number of carbonyl (C=O) groups excluding carboxylic acids is 1. The highest BCUT2D eigenvalue weighted by atomic mass is 79.9. The predicted molar refractivity (Wildman–Crippen MR) is 128 cm³/mol. The summed E-state index contributed by atoms with van der Waals surface area (Å²) in [5, 5.41) is 3.93. The summed E-state index contributed by atoms with van der Waals surface area (Å²) in [6.45, 7) is 2.32. The molecule has 1 N–H and O–H groups in total. The molecule has 0 aliphatic carbocycles. The summed E-state index contributed by atoms with van der Waals surface area (Å²) in [5.41, 5.74) is 3.16. The molecule has 4 rings (SSSR count). The monoisotopic (exact) mass is 494 g/mol. The molecule has 0 aliphatic heterocycles. The van der Waals surface area contributed by atoms with Gasteiger partial charge in [0.2, 0.25) is 5.91 Å². The molecule has 0 spiro atoms. The van der Waals surface area contributed by atoms with E-state index in [1.165, 1.54) is 11.8 Å². The van der Waals surface area contributed by atoms with E-state index in [2.05, 4.69) is 31.2 Å². The standard InChI is InChI=1S/C23H19BrN4O2S/c1-15-8-9-20(18(24)11-15)26-21(29)14-31-23-27-19-7-3-2-6-17(19)22(30)28(23)13-16-5-4-10-25-12-16/h2-12H,13-14H2,1H3,(H,26,29). The molecule has 8 heteroatoms. The fourth-order valence-electron chi connectivity index (χ4n) is 3.11. The van der Waals surface area contributed by atoms with Gasteiger partial charge in [-0.2, -0.15) is 0 Å². The molecule has 0 saturated carbocycles. The van der Waals surface area contributed by atoms with E-state index in [1.807, 2.05) is 49.4 Å². The lowest BCUT2D eigenvalue weighted by Crippen LogP contribution is -2.25. The average molecular weight is 495 g/mol. The zero-order chi connectivity index (χ0) is 21.8. The number of halogens is 1. The minimum atomic E-state index is -0.176. The molecule has 0 atom stereocenters. The van der Waals surface area contributed by atoms with E-state index >= 15 is 0 Å². The van der Waals surface area contributed by atoms with Crippen molar-refractivity contribution in [3.63, 3.8) is 0 Å². The van der Waals surface area contributed by atoms with E-state index in [0.29, 0.717) is 28.3 Å². The van der Waals surface area contributed by atoms with Crippen LogP contribution in [0.15, 0.2) is 81.4 Å². The van der Waals surface area contributed by atoms with Crippen molar-refractivity contribution in [2.24, 2.45) is 0 Å². The number of thioether (sulfide) groups is 1. The number of carbonyl (C=O) groups is 1. The van der Waals surface area contributed by atoms with Gasteiger partial charge in [-0.1, -0.05) is 36.0 Å². The Morgan fingerprint density at radius 3 is 2.77 bits per heavy atom. The molecule has 6 nitrogen and oxygen atoms in total. The topological polar surface area (TPSA) is 76.9 Å². The first-order chi connectivity index (χ1) is 15.0. The highest BCUT2D eigenvalue weighted by Crippen LogP contribution is 2.24. The average Bonchev–Trinajstić information content (AvgIpc) is 2.77. The lowest BCUT2D eigenvalue weighted by molar-refractivity contribution is -0.113. The van der Waals surface area contributed by atoms with E-state index in [0.717, 1.165) is 15.6 Å². The number of benzene rings is 2. The van der Waals surface area contributed by atoms with Crippen LogP contribution in [0.1, 0.15) is 11.1 Å². The maximum Gasteiger partial charge on any atom is 0.262 e. The highest BCUT2D eigenvalue weighted by molar-refractivity contribution is 9.10. The van der Waals surface area contributed by atoms with E-state index in [-0.39, 0.29) is 17.2 Å². The third kappa shape index (κ3) is 5.03. The fraction of sp³-hybridized carbons (Fsp3) is 0.130. The van der Waals surface area contributed by atoms with Crippen molar-refractivity contribution in [1.82, 2.24) is 14.5 Å². The normalized spacial score (nSPS) is 10.9. The summed E-state index contributed by atoms with van der Waals surface area (Å²) in [6, 6.07) is 16.7. The molecule has 2 aromatic carbocycles. The van der Waals surface area contributed by atoms with E-state index in [4.69, 9.17) is 0 Å². The van der Waals surface area contributed by atoms with Gasteiger partial charge in [0, 0.05) is 16.9 Å². The Balaban J connectivity index is 1.60. The molecule has 156 valence electrons. The predicted octanol–water partition coefficient (Wildman–Crippen LogP) is 4.64. The number of rotatable bonds is 6. The van der Waals surface area contributed by atoms with Gasteiger partial charge in [-0.3, -0.25) is 19.1 Å². The zero-order valence-electron chi connectivity index (χ0n) is 16.7. The van der Waals surface area contributed by atoms with Crippen molar-refractivity contribution >= 4 is 50.2 Å². The van der Waals surface area contributed by atoms with Crippen LogP contribution in [0.2, 0.25) is 0 Å². The van der Waals surface area contributed by atoms with Gasteiger partial charge in [-0.25, -0.2) is 4.98 Å². The van der Waals surface area contributed by atoms with Gasteiger partial charge in [0.15, 0.2) is 5.16 Å². The lowest BCUT2D eigenvalue weighted by Gasteiger charge is -2.13. The summed E-state index contributed by atoms with van der Waals surface area (Å²) in [5.74, 6) is -0.0529. The Labute approximate surface area is 191 Å². The Hall–Kier alpha value is -2.97. The number of hydrogen-bond acceptors (Lipinski definition) is 5. The van der Waals surface area contributed by atoms with Gasteiger partial charge in [-0.15, -0.1) is 0 Å². The van der Waals surface area contributed by atoms with Gasteiger partial charge in [0.05, 0.1) is 28.9 Å². The van der Waals surface area contributed by atoms with Crippen molar-refractivity contribution in [2.75, 3.05) is 11.1 Å². The molecule has 0 radical (unpaired) electrons. The van der Waals surface area contributed by atoms with Gasteiger partial charge < -0.3 is 5.32 Å². The van der Waals surface area contributed by atoms with E-state index in [1.54, 1.807) is 29.1 Å². The molecule has 0 fully saturated rings. The maximum absolute atomic E-state index is 13.1. The molecule has 4 aromatic rings. The second-order valence-electron chi connectivity index (χ2n) is 6.98. The summed E-state index contributed by atoms with van der Waals surface area (Å²) in [6.07, 6.45) is 3.41. The maximum atomic E-state index is 13.1. The first-order valence-electron chi connectivity index (χ1n) is 9.58. The second kappa shape index (κ2) is 9.45. The van der Waals surface area contributed by atoms with Gasteiger partial charge >= 0.3 is 0 Å². The quantitative estimate of drug-likeness (QED) is 0.312. The SMILES string of the molecule is Cc1ccc(NC(=O)CSc2nc3ccccc3c(=O)n2Cc2cccnc2)c(Br)c1. The Morgan fingerprint density at radius 1 is 1.16 bits per heavy atom. The van der Waals surface area contributed by atoms with Gasteiger partial charge in [-0.05, 0) is 64.3 Å². The van der Waals surface area contributed by atoms with Crippen LogP contribution in [0.3, 0.4) is 0 Å². The van der Waals surface area contributed by atoms with Crippen LogP contribution in [0.5, 0.6) is 0 Å². The first kappa shape index (κ1) is 21.3. The van der Waals surface area contributed by atoms with Gasteiger partial charge in [0.1, 0.15) is 0 Å². The van der Waals surface area contributed by atoms with Crippen molar-refractivity contribution in [3.05, 3.63) is 92.9 Å². The lowest BCUT2D eigenvalue weighted by atomic mass is 10.2. The summed E-state index contributed by atoms with van der Waals surface area (Å²) in [4.78, 5) is 34.5. The van der Waals surface area contributed by atoms with E-state index < -0.39 is 0 Å². The van der Waals surface area contributed by atoms with Crippen LogP contribution in [0, 0.1) is 6.92 Å². The largest absolute Gasteiger partial charge is 0.324 e. The molecule has 2 heterocycles. The first-order valence-corrected chi connectivity index (χ1v) is 11.4. The number of para-hydroxylation sites is 1. The molecule has 31 heavy (non-hydrogen) atoms. The highest BCUT2D eigenvalue weighted by Gasteiger charge is 2.14. The number of hydrogen-bond donors (Lipinski definition) is 1. The summed E-state index contributed by atoms with van der Waals surface area (Å²) < 4.78 is 2.42. The molecule has 2 aromatic heterocycles. The molecule has 0 saturated heterocycles. The van der Waals surface area contributed by atoms with Crippen LogP contribution < -0.4 is 10.9 Å². The third-order valence-corrected chi connectivity index (χ3v) is 6.25. The summed E-state index contributed by atoms with van der Waals surface area (Å²) >= 11 is 4.71. The number of nitrogens with one attached hydrogen (secondary N) is 1. The van der Waals surface area contributed by atoms with Crippen LogP contribution in [-0.4, -0.2) is 26.2 Å². The van der Waals surface area contributed by atoms with Crippen LogP contribution in [0.25, 0.3) is 10.9 Å². The van der Waals surface area contributed by atoms with Gasteiger partial charge in [0.25, 0.3) is 5.56 Å². The van der Waals surface area contributed by atoms with Crippen LogP contribution in [-0.2, 0) is 11.3 Å². The Morgan fingerprint density at radius 2 is 2.00 bits per heavy atom. The summed E-state index contributed by atoms with van der Waals surface area (Å²) in [7, 11) is 0. The molecule has 0 aliphatic rings. The zero-order valence-corrected chi connectivity index (χ0v) is 19.1. The number of aromatic nitrogens is 3. The number of pyridine rings is 1. The second-order valence-corrected chi connectivity index (χ2v) is 8.78. The number of anilines is 1. The minimum absolute atomic E-state index is 0.123. The fourth-order valence-corrected chi connectivity index (χ4v) is 4.50. The van der Waals surface area contributed by atoms with Crippen LogP contribution in [0.4, 0.5) is 5.69 Å². The van der Waals surface area contributed by atoms with Crippen molar-refractivity contribution in [2.45, 2.75) is 18.6 Å². The molecule has 0 bridgehead atoms. The minimum Gasteiger partial charge on any atom is -0.324 e. The molecule has 0 unspecified atom stereocenters.